The van der Waals surface area contributed by atoms with Crippen LogP contribution in [0.4, 0.5) is 0 Å². The first-order valence-corrected chi connectivity index (χ1v) is 6.14. The molecule has 104 valence electrons. The summed E-state index contributed by atoms with van der Waals surface area (Å²) in [5.41, 5.74) is 1.47. The van der Waals surface area contributed by atoms with Gasteiger partial charge in [0.2, 0.25) is 0 Å². The van der Waals surface area contributed by atoms with Crippen molar-refractivity contribution in [3.05, 3.63) is 35.4 Å². The third-order valence-corrected chi connectivity index (χ3v) is 2.87. The van der Waals surface area contributed by atoms with Crippen molar-refractivity contribution in [2.45, 2.75) is 38.8 Å². The zero-order valence-electron chi connectivity index (χ0n) is 11.3. The fourth-order valence-corrected chi connectivity index (χ4v) is 1.63. The van der Waals surface area contributed by atoms with E-state index in [9.17, 15) is 14.7 Å². The quantitative estimate of drug-likeness (QED) is 0.750. The Hall–Kier alpha value is -1.88. The summed E-state index contributed by atoms with van der Waals surface area (Å²) in [6.45, 7) is 5.41. The standard InChI is InChI=1S/C14H19NO4/c1-8(2)10-4-6-11(7-5-10)13(17)15-12(9(3)16)14(18)19/h4-9,12,16H,1-3H3,(H,15,17)(H,18,19). The SMILES string of the molecule is CC(C)c1ccc(C(=O)NC(C(=O)O)C(C)O)cc1. The van der Waals surface area contributed by atoms with E-state index in [-0.39, 0.29) is 0 Å². The highest BCUT2D eigenvalue weighted by Gasteiger charge is 2.25. The summed E-state index contributed by atoms with van der Waals surface area (Å²) in [5.74, 6) is -1.41. The molecule has 1 amide bonds. The Morgan fingerprint density at radius 3 is 2.00 bits per heavy atom. The van der Waals surface area contributed by atoms with Crippen molar-refractivity contribution in [1.82, 2.24) is 5.32 Å². The molecule has 1 rings (SSSR count). The summed E-state index contributed by atoms with van der Waals surface area (Å²) >= 11 is 0. The van der Waals surface area contributed by atoms with E-state index in [0.717, 1.165) is 5.56 Å². The molecule has 0 saturated heterocycles. The highest BCUT2D eigenvalue weighted by atomic mass is 16.4. The first-order chi connectivity index (χ1) is 8.82. The molecule has 0 spiro atoms. The number of carboxylic acids is 1. The lowest BCUT2D eigenvalue weighted by Crippen LogP contribution is -2.47. The molecule has 0 radical (unpaired) electrons. The molecule has 3 N–H and O–H groups in total. The van der Waals surface area contributed by atoms with E-state index in [4.69, 9.17) is 5.11 Å². The number of nitrogens with one attached hydrogen (secondary N) is 1. The number of aliphatic hydroxyl groups is 1. The molecule has 0 heterocycles. The minimum Gasteiger partial charge on any atom is -0.480 e. The van der Waals surface area contributed by atoms with Crippen molar-refractivity contribution in [3.8, 4) is 0 Å². The van der Waals surface area contributed by atoms with E-state index in [1.165, 1.54) is 6.92 Å². The van der Waals surface area contributed by atoms with Crippen molar-refractivity contribution in [3.63, 3.8) is 0 Å². The molecular formula is C14H19NO4. The molecule has 5 nitrogen and oxygen atoms in total. The van der Waals surface area contributed by atoms with Gasteiger partial charge >= 0.3 is 5.97 Å². The van der Waals surface area contributed by atoms with Gasteiger partial charge in [0, 0.05) is 5.56 Å². The molecule has 0 bridgehead atoms. The smallest absolute Gasteiger partial charge is 0.328 e. The second kappa shape index (κ2) is 6.33. The van der Waals surface area contributed by atoms with E-state index >= 15 is 0 Å². The molecule has 0 fully saturated rings. The van der Waals surface area contributed by atoms with Crippen LogP contribution >= 0.6 is 0 Å². The van der Waals surface area contributed by atoms with Gasteiger partial charge in [0.1, 0.15) is 0 Å². The van der Waals surface area contributed by atoms with Crippen LogP contribution in [-0.2, 0) is 4.79 Å². The number of aliphatic hydroxyl groups excluding tert-OH is 1. The molecule has 0 aliphatic carbocycles. The zero-order valence-corrected chi connectivity index (χ0v) is 11.3. The fourth-order valence-electron chi connectivity index (χ4n) is 1.63. The second-order valence-electron chi connectivity index (χ2n) is 4.81. The van der Waals surface area contributed by atoms with E-state index < -0.39 is 24.0 Å². The maximum Gasteiger partial charge on any atom is 0.328 e. The van der Waals surface area contributed by atoms with E-state index in [2.05, 4.69) is 5.32 Å². The topological polar surface area (TPSA) is 86.6 Å². The number of hydrogen-bond donors (Lipinski definition) is 3. The van der Waals surface area contributed by atoms with Gasteiger partial charge in [0.15, 0.2) is 6.04 Å². The summed E-state index contributed by atoms with van der Waals surface area (Å²) in [5, 5.41) is 20.5. The molecule has 2 unspecified atom stereocenters. The predicted molar refractivity (Wildman–Crippen MR) is 71.1 cm³/mol. The Balaban J connectivity index is 2.80. The number of carboxylic acid groups (broad SMARTS) is 1. The van der Waals surface area contributed by atoms with Crippen LogP contribution in [0.15, 0.2) is 24.3 Å². The van der Waals surface area contributed by atoms with Crippen molar-refractivity contribution >= 4 is 11.9 Å². The number of aliphatic carboxylic acids is 1. The van der Waals surface area contributed by atoms with Gasteiger partial charge in [-0.3, -0.25) is 4.79 Å². The lowest BCUT2D eigenvalue weighted by molar-refractivity contribution is -0.141. The first-order valence-electron chi connectivity index (χ1n) is 6.14. The predicted octanol–water partition coefficient (Wildman–Crippen LogP) is 1.37. The van der Waals surface area contributed by atoms with Crippen LogP contribution in [0.25, 0.3) is 0 Å². The molecule has 19 heavy (non-hydrogen) atoms. The van der Waals surface area contributed by atoms with Crippen molar-refractivity contribution in [2.24, 2.45) is 0 Å². The number of carbonyl (C=O) groups excluding carboxylic acids is 1. The van der Waals surface area contributed by atoms with Crippen LogP contribution in [-0.4, -0.2) is 34.2 Å². The third-order valence-electron chi connectivity index (χ3n) is 2.87. The van der Waals surface area contributed by atoms with Crippen LogP contribution in [0.3, 0.4) is 0 Å². The minimum atomic E-state index is -1.31. The van der Waals surface area contributed by atoms with Crippen molar-refractivity contribution in [1.29, 1.82) is 0 Å². The van der Waals surface area contributed by atoms with Gasteiger partial charge in [-0.25, -0.2) is 4.79 Å². The van der Waals surface area contributed by atoms with E-state index in [0.29, 0.717) is 11.5 Å². The van der Waals surface area contributed by atoms with Crippen LogP contribution in [0.1, 0.15) is 42.6 Å². The summed E-state index contributed by atoms with van der Waals surface area (Å²) in [7, 11) is 0. The summed E-state index contributed by atoms with van der Waals surface area (Å²) in [6.07, 6.45) is -1.16. The van der Waals surface area contributed by atoms with E-state index in [1.54, 1.807) is 12.1 Å². The highest BCUT2D eigenvalue weighted by Crippen LogP contribution is 2.14. The fraction of sp³-hybridized carbons (Fsp3) is 0.429. The summed E-state index contributed by atoms with van der Waals surface area (Å²) < 4.78 is 0. The molecule has 0 saturated carbocycles. The Bertz CT molecular complexity index is 451. The van der Waals surface area contributed by atoms with Gasteiger partial charge in [-0.2, -0.15) is 0 Å². The number of carbonyl (C=O) groups is 2. The summed E-state index contributed by atoms with van der Waals surface area (Å²) in [6, 6.07) is 5.64. The maximum atomic E-state index is 11.9. The summed E-state index contributed by atoms with van der Waals surface area (Å²) in [4.78, 5) is 22.7. The number of amides is 1. The van der Waals surface area contributed by atoms with Gasteiger partial charge < -0.3 is 15.5 Å². The lowest BCUT2D eigenvalue weighted by Gasteiger charge is -2.17. The van der Waals surface area contributed by atoms with Gasteiger partial charge in [0.25, 0.3) is 5.91 Å². The van der Waals surface area contributed by atoms with Gasteiger partial charge in [-0.05, 0) is 30.5 Å². The minimum absolute atomic E-state index is 0.362. The van der Waals surface area contributed by atoms with E-state index in [1.807, 2.05) is 26.0 Å². The van der Waals surface area contributed by atoms with Gasteiger partial charge in [-0.1, -0.05) is 26.0 Å². The van der Waals surface area contributed by atoms with Crippen LogP contribution < -0.4 is 5.32 Å². The largest absolute Gasteiger partial charge is 0.480 e. The monoisotopic (exact) mass is 265 g/mol. The first kappa shape index (κ1) is 15.2. The van der Waals surface area contributed by atoms with Gasteiger partial charge in [-0.15, -0.1) is 0 Å². The maximum absolute atomic E-state index is 11.9. The molecule has 1 aromatic rings. The Kier molecular flexibility index (Phi) is 5.06. The number of rotatable bonds is 5. The Morgan fingerprint density at radius 1 is 1.11 bits per heavy atom. The molecule has 2 atom stereocenters. The molecule has 0 aromatic heterocycles. The van der Waals surface area contributed by atoms with Gasteiger partial charge in [0.05, 0.1) is 6.10 Å². The lowest BCUT2D eigenvalue weighted by atomic mass is 10.0. The average Bonchev–Trinajstić information content (AvgIpc) is 2.34. The van der Waals surface area contributed by atoms with Crippen LogP contribution in [0, 0.1) is 0 Å². The molecule has 0 aliphatic heterocycles. The third kappa shape index (κ3) is 4.06. The normalized spacial score (nSPS) is 13.9. The molecule has 0 aliphatic rings. The Labute approximate surface area is 112 Å². The highest BCUT2D eigenvalue weighted by molar-refractivity contribution is 5.96. The van der Waals surface area contributed by atoms with Crippen LogP contribution in [0.2, 0.25) is 0 Å². The zero-order chi connectivity index (χ0) is 14.6. The average molecular weight is 265 g/mol. The molecular weight excluding hydrogens is 246 g/mol. The Morgan fingerprint density at radius 2 is 1.63 bits per heavy atom. The number of hydrogen-bond acceptors (Lipinski definition) is 3. The van der Waals surface area contributed by atoms with Crippen molar-refractivity contribution < 1.29 is 19.8 Å². The van der Waals surface area contributed by atoms with Crippen LogP contribution in [0.5, 0.6) is 0 Å². The number of benzene rings is 1. The molecule has 5 heteroatoms. The molecule has 1 aromatic carbocycles. The van der Waals surface area contributed by atoms with Crippen molar-refractivity contribution in [2.75, 3.05) is 0 Å². The second-order valence-corrected chi connectivity index (χ2v) is 4.81.